The Morgan fingerprint density at radius 2 is 2.12 bits per heavy atom. The van der Waals surface area contributed by atoms with Gasteiger partial charge in [0, 0.05) is 6.61 Å². The summed E-state index contributed by atoms with van der Waals surface area (Å²) in [6.45, 7) is 2.53. The van der Waals surface area contributed by atoms with Crippen molar-refractivity contribution >= 4 is 11.9 Å². The topological polar surface area (TPSA) is 75.6 Å². The summed E-state index contributed by atoms with van der Waals surface area (Å²) in [6.07, 6.45) is 2.28. The van der Waals surface area contributed by atoms with Crippen LogP contribution in [0.5, 0.6) is 0 Å². The van der Waals surface area contributed by atoms with Gasteiger partial charge in [-0.05, 0) is 31.6 Å². The molecule has 1 amide bonds. The average Bonchev–Trinajstić information content (AvgIpc) is 2.57. The summed E-state index contributed by atoms with van der Waals surface area (Å²) in [5, 5.41) is 11.7. The van der Waals surface area contributed by atoms with E-state index in [1.165, 1.54) is 0 Å². The minimum Gasteiger partial charge on any atom is -0.480 e. The summed E-state index contributed by atoms with van der Waals surface area (Å²) >= 11 is 0. The van der Waals surface area contributed by atoms with Gasteiger partial charge in [0.1, 0.15) is 11.6 Å². The number of hydrogen-bond donors (Lipinski definition) is 2. The monoisotopic (exact) mass is 227 g/mol. The van der Waals surface area contributed by atoms with Gasteiger partial charge in [-0.15, -0.1) is 0 Å². The summed E-state index contributed by atoms with van der Waals surface area (Å²) in [7, 11) is 0. The van der Waals surface area contributed by atoms with Gasteiger partial charge < -0.3 is 15.2 Å². The van der Waals surface area contributed by atoms with Crippen molar-refractivity contribution in [1.82, 2.24) is 5.32 Å². The Kier molecular flexibility index (Phi) is 2.88. The van der Waals surface area contributed by atoms with E-state index in [0.29, 0.717) is 19.4 Å². The third kappa shape index (κ3) is 1.80. The second kappa shape index (κ2) is 4.05. The van der Waals surface area contributed by atoms with Gasteiger partial charge in [-0.2, -0.15) is 0 Å². The predicted molar refractivity (Wildman–Crippen MR) is 55.9 cm³/mol. The maximum Gasteiger partial charge on any atom is 0.329 e. The number of carboxylic acids is 1. The third-order valence-corrected chi connectivity index (χ3v) is 3.62. The van der Waals surface area contributed by atoms with Crippen molar-refractivity contribution in [2.24, 2.45) is 5.92 Å². The Bertz CT molecular complexity index is 311. The highest BCUT2D eigenvalue weighted by Crippen LogP contribution is 2.33. The van der Waals surface area contributed by atoms with Crippen LogP contribution in [0.4, 0.5) is 0 Å². The van der Waals surface area contributed by atoms with Gasteiger partial charge in [-0.3, -0.25) is 4.79 Å². The molecule has 0 aromatic carbocycles. The van der Waals surface area contributed by atoms with Gasteiger partial charge in [0.2, 0.25) is 5.91 Å². The Labute approximate surface area is 94.2 Å². The van der Waals surface area contributed by atoms with E-state index in [1.54, 1.807) is 0 Å². The first-order chi connectivity index (χ1) is 7.55. The second-order valence-corrected chi connectivity index (χ2v) is 4.79. The van der Waals surface area contributed by atoms with Crippen LogP contribution in [0.15, 0.2) is 0 Å². The fraction of sp³-hybridized carbons (Fsp3) is 0.818. The quantitative estimate of drug-likeness (QED) is 0.737. The molecule has 2 unspecified atom stereocenters. The fourth-order valence-electron chi connectivity index (χ4n) is 2.26. The molecule has 5 nitrogen and oxygen atoms in total. The second-order valence-electron chi connectivity index (χ2n) is 4.79. The highest BCUT2D eigenvalue weighted by atomic mass is 16.5. The molecule has 2 rings (SSSR count). The van der Waals surface area contributed by atoms with E-state index in [1.807, 2.05) is 6.92 Å². The summed E-state index contributed by atoms with van der Waals surface area (Å²) in [5.74, 6) is -1.03. The van der Waals surface area contributed by atoms with Crippen molar-refractivity contribution < 1.29 is 19.4 Å². The molecule has 2 aliphatic rings. The SMILES string of the molecule is CC1CCOC1C(=O)NC1(C(=O)O)CCC1. The van der Waals surface area contributed by atoms with Gasteiger partial charge in [-0.1, -0.05) is 6.92 Å². The van der Waals surface area contributed by atoms with Crippen LogP contribution in [0, 0.1) is 5.92 Å². The molecule has 90 valence electrons. The van der Waals surface area contributed by atoms with E-state index in [9.17, 15) is 9.59 Å². The van der Waals surface area contributed by atoms with Crippen molar-refractivity contribution in [3.8, 4) is 0 Å². The van der Waals surface area contributed by atoms with E-state index in [2.05, 4.69) is 5.32 Å². The Hall–Kier alpha value is -1.10. The molecular weight excluding hydrogens is 210 g/mol. The summed E-state index contributed by atoms with van der Waals surface area (Å²) in [6, 6.07) is 0. The molecule has 1 saturated heterocycles. The van der Waals surface area contributed by atoms with E-state index in [0.717, 1.165) is 12.8 Å². The zero-order chi connectivity index (χ0) is 11.8. The number of nitrogens with one attached hydrogen (secondary N) is 1. The molecule has 0 aromatic heterocycles. The minimum absolute atomic E-state index is 0.172. The smallest absolute Gasteiger partial charge is 0.329 e. The lowest BCUT2D eigenvalue weighted by molar-refractivity contribution is -0.153. The number of ether oxygens (including phenoxy) is 1. The highest BCUT2D eigenvalue weighted by Gasteiger charge is 2.47. The molecule has 16 heavy (non-hydrogen) atoms. The first kappa shape index (κ1) is 11.4. The van der Waals surface area contributed by atoms with E-state index in [-0.39, 0.29) is 11.8 Å². The zero-order valence-corrected chi connectivity index (χ0v) is 9.36. The van der Waals surface area contributed by atoms with Crippen molar-refractivity contribution in [1.29, 1.82) is 0 Å². The standard InChI is InChI=1S/C11H17NO4/c1-7-3-6-16-8(7)9(13)12-11(10(14)15)4-2-5-11/h7-8H,2-6H2,1H3,(H,12,13)(H,14,15). The lowest BCUT2D eigenvalue weighted by Gasteiger charge is -2.39. The number of rotatable bonds is 3. The summed E-state index contributed by atoms with van der Waals surface area (Å²) in [5.41, 5.74) is -1.03. The number of carboxylic acid groups (broad SMARTS) is 1. The number of carbonyl (C=O) groups excluding carboxylic acids is 1. The molecule has 0 aromatic rings. The molecule has 2 N–H and O–H groups in total. The van der Waals surface area contributed by atoms with Crippen LogP contribution >= 0.6 is 0 Å². The molecule has 0 spiro atoms. The Morgan fingerprint density at radius 1 is 1.44 bits per heavy atom. The first-order valence-electron chi connectivity index (χ1n) is 5.72. The fourth-order valence-corrected chi connectivity index (χ4v) is 2.26. The normalized spacial score (nSPS) is 31.8. The van der Waals surface area contributed by atoms with Gasteiger partial charge in [0.05, 0.1) is 0 Å². The molecule has 1 aliphatic heterocycles. The molecular formula is C11H17NO4. The van der Waals surface area contributed by atoms with E-state index in [4.69, 9.17) is 9.84 Å². The lowest BCUT2D eigenvalue weighted by atomic mass is 9.76. The van der Waals surface area contributed by atoms with Crippen LogP contribution in [-0.4, -0.2) is 35.2 Å². The van der Waals surface area contributed by atoms with Crippen LogP contribution in [-0.2, 0) is 14.3 Å². The van der Waals surface area contributed by atoms with Gasteiger partial charge in [-0.25, -0.2) is 4.79 Å². The van der Waals surface area contributed by atoms with Crippen molar-refractivity contribution in [3.63, 3.8) is 0 Å². The molecule has 2 fully saturated rings. The highest BCUT2D eigenvalue weighted by molar-refractivity contribution is 5.90. The third-order valence-electron chi connectivity index (χ3n) is 3.62. The number of aliphatic carboxylic acids is 1. The van der Waals surface area contributed by atoms with Crippen LogP contribution < -0.4 is 5.32 Å². The largest absolute Gasteiger partial charge is 0.480 e. The molecule has 5 heteroatoms. The average molecular weight is 227 g/mol. The van der Waals surface area contributed by atoms with E-state index < -0.39 is 17.6 Å². The van der Waals surface area contributed by atoms with Crippen LogP contribution in [0.3, 0.4) is 0 Å². The number of carbonyl (C=O) groups is 2. The van der Waals surface area contributed by atoms with Gasteiger partial charge >= 0.3 is 5.97 Å². The van der Waals surface area contributed by atoms with Crippen LogP contribution in [0.25, 0.3) is 0 Å². The Morgan fingerprint density at radius 3 is 2.50 bits per heavy atom. The zero-order valence-electron chi connectivity index (χ0n) is 9.36. The van der Waals surface area contributed by atoms with Crippen molar-refractivity contribution in [3.05, 3.63) is 0 Å². The molecule has 0 radical (unpaired) electrons. The maximum absolute atomic E-state index is 11.9. The summed E-state index contributed by atoms with van der Waals surface area (Å²) in [4.78, 5) is 22.9. The molecule has 1 saturated carbocycles. The lowest BCUT2D eigenvalue weighted by Crippen LogP contribution is -2.61. The minimum atomic E-state index is -1.03. The Balaban J connectivity index is 1.98. The van der Waals surface area contributed by atoms with Crippen LogP contribution in [0.1, 0.15) is 32.6 Å². The summed E-state index contributed by atoms with van der Waals surface area (Å²) < 4.78 is 5.32. The van der Waals surface area contributed by atoms with Crippen molar-refractivity contribution in [2.75, 3.05) is 6.61 Å². The number of hydrogen-bond acceptors (Lipinski definition) is 3. The molecule has 2 atom stereocenters. The predicted octanol–water partition coefficient (Wildman–Crippen LogP) is 0.535. The first-order valence-corrected chi connectivity index (χ1v) is 5.72. The van der Waals surface area contributed by atoms with Crippen molar-refractivity contribution in [2.45, 2.75) is 44.2 Å². The number of amides is 1. The maximum atomic E-state index is 11.9. The molecule has 0 bridgehead atoms. The van der Waals surface area contributed by atoms with Gasteiger partial charge in [0.15, 0.2) is 0 Å². The van der Waals surface area contributed by atoms with Gasteiger partial charge in [0.25, 0.3) is 0 Å². The van der Waals surface area contributed by atoms with E-state index >= 15 is 0 Å². The molecule has 1 heterocycles. The molecule has 1 aliphatic carbocycles. The van der Waals surface area contributed by atoms with Crippen LogP contribution in [0.2, 0.25) is 0 Å².